The first-order chi connectivity index (χ1) is 10.7. The van der Waals surface area contributed by atoms with Crippen LogP contribution in [0.25, 0.3) is 0 Å². The molecule has 0 amide bonds. The normalized spacial score (nSPS) is 12.0. The number of hydrogen-bond donors (Lipinski definition) is 1. The van der Waals surface area contributed by atoms with E-state index in [0.717, 1.165) is 12.1 Å². The van der Waals surface area contributed by atoms with Crippen LogP contribution >= 0.6 is 0 Å². The minimum atomic E-state index is -4.08. The SMILES string of the molecule is CC(C)Oc1ccc(F)cc1S(=O)(=O)Nc1ncnn1C(C)C. The van der Waals surface area contributed by atoms with Crippen LogP contribution in [0, 0.1) is 5.82 Å². The highest BCUT2D eigenvalue weighted by atomic mass is 32.2. The second-order valence-corrected chi connectivity index (χ2v) is 7.14. The van der Waals surface area contributed by atoms with E-state index in [2.05, 4.69) is 14.8 Å². The molecule has 0 atom stereocenters. The third-order valence-corrected chi connectivity index (χ3v) is 4.20. The van der Waals surface area contributed by atoms with E-state index in [-0.39, 0.29) is 28.7 Å². The Hall–Kier alpha value is -2.16. The van der Waals surface area contributed by atoms with E-state index < -0.39 is 15.8 Å². The molecule has 0 bridgehead atoms. The van der Waals surface area contributed by atoms with Gasteiger partial charge in [0.05, 0.1) is 12.1 Å². The maximum Gasteiger partial charge on any atom is 0.268 e. The lowest BCUT2D eigenvalue weighted by Crippen LogP contribution is -2.20. The third kappa shape index (κ3) is 3.98. The van der Waals surface area contributed by atoms with E-state index in [9.17, 15) is 12.8 Å². The monoisotopic (exact) mass is 342 g/mol. The van der Waals surface area contributed by atoms with Crippen LogP contribution in [0.5, 0.6) is 5.75 Å². The summed E-state index contributed by atoms with van der Waals surface area (Å²) in [6.45, 7) is 7.18. The molecule has 7 nitrogen and oxygen atoms in total. The standard InChI is InChI=1S/C14H19FN4O3S/c1-9(2)19-14(16-8-17-19)18-23(20,21)13-7-11(15)5-6-12(13)22-10(3)4/h5-10H,1-4H3,(H,16,17,18). The average Bonchev–Trinajstić information content (AvgIpc) is 2.87. The molecule has 0 aliphatic heterocycles. The lowest BCUT2D eigenvalue weighted by atomic mass is 10.3. The number of sulfonamides is 1. The molecule has 0 unspecified atom stereocenters. The van der Waals surface area contributed by atoms with Gasteiger partial charge in [0.2, 0.25) is 5.95 Å². The predicted octanol–water partition coefficient (Wildman–Crippen LogP) is 2.59. The van der Waals surface area contributed by atoms with E-state index >= 15 is 0 Å². The molecule has 2 aromatic rings. The van der Waals surface area contributed by atoms with Crippen molar-refractivity contribution < 1.29 is 17.5 Å². The van der Waals surface area contributed by atoms with Gasteiger partial charge in [0.1, 0.15) is 22.8 Å². The number of benzene rings is 1. The predicted molar refractivity (Wildman–Crippen MR) is 83.4 cm³/mol. The Balaban J connectivity index is 2.43. The topological polar surface area (TPSA) is 86.1 Å². The Morgan fingerprint density at radius 3 is 2.57 bits per heavy atom. The summed E-state index contributed by atoms with van der Waals surface area (Å²) >= 11 is 0. The summed E-state index contributed by atoms with van der Waals surface area (Å²) in [4.78, 5) is 3.60. The highest BCUT2D eigenvalue weighted by molar-refractivity contribution is 7.92. The Labute approximate surface area is 134 Å². The number of rotatable bonds is 6. The van der Waals surface area contributed by atoms with Gasteiger partial charge in [-0.25, -0.2) is 22.2 Å². The van der Waals surface area contributed by atoms with Crippen molar-refractivity contribution in [1.29, 1.82) is 0 Å². The number of hydrogen-bond acceptors (Lipinski definition) is 5. The minimum absolute atomic E-state index is 0.0553. The lowest BCUT2D eigenvalue weighted by Gasteiger charge is -2.16. The first-order valence-electron chi connectivity index (χ1n) is 7.09. The summed E-state index contributed by atoms with van der Waals surface area (Å²) in [7, 11) is -4.08. The molecule has 0 saturated heterocycles. The molecule has 0 aliphatic rings. The van der Waals surface area contributed by atoms with E-state index in [0.29, 0.717) is 0 Å². The summed E-state index contributed by atoms with van der Waals surface area (Å²) in [6, 6.07) is 3.26. The maximum atomic E-state index is 13.5. The third-order valence-electron chi connectivity index (χ3n) is 2.85. The summed E-state index contributed by atoms with van der Waals surface area (Å²) in [5, 5.41) is 3.96. The molecule has 0 aliphatic carbocycles. The van der Waals surface area contributed by atoms with E-state index in [1.54, 1.807) is 13.8 Å². The molecule has 1 N–H and O–H groups in total. The Kier molecular flexibility index (Phi) is 4.88. The summed E-state index contributed by atoms with van der Waals surface area (Å²) in [5.41, 5.74) is 0. The van der Waals surface area contributed by atoms with Gasteiger partial charge in [-0.05, 0) is 45.9 Å². The van der Waals surface area contributed by atoms with Crippen LogP contribution in [-0.4, -0.2) is 29.3 Å². The zero-order valence-corrected chi connectivity index (χ0v) is 14.1. The van der Waals surface area contributed by atoms with Crippen molar-refractivity contribution >= 4 is 16.0 Å². The molecule has 1 heterocycles. The van der Waals surface area contributed by atoms with Crippen molar-refractivity contribution in [2.75, 3.05) is 4.72 Å². The van der Waals surface area contributed by atoms with Crippen molar-refractivity contribution in [1.82, 2.24) is 14.8 Å². The van der Waals surface area contributed by atoms with Crippen LogP contribution in [-0.2, 0) is 10.0 Å². The van der Waals surface area contributed by atoms with Gasteiger partial charge in [0.15, 0.2) is 0 Å². The zero-order chi connectivity index (χ0) is 17.2. The molecule has 1 aromatic heterocycles. The molecule has 126 valence electrons. The minimum Gasteiger partial charge on any atom is -0.490 e. The lowest BCUT2D eigenvalue weighted by molar-refractivity contribution is 0.235. The molecule has 0 radical (unpaired) electrons. The Morgan fingerprint density at radius 2 is 1.96 bits per heavy atom. The van der Waals surface area contributed by atoms with Crippen LogP contribution in [0.3, 0.4) is 0 Å². The van der Waals surface area contributed by atoms with Gasteiger partial charge in [-0.15, -0.1) is 0 Å². The molecule has 1 aromatic carbocycles. The van der Waals surface area contributed by atoms with Crippen LogP contribution < -0.4 is 9.46 Å². The average molecular weight is 342 g/mol. The van der Waals surface area contributed by atoms with Crippen LogP contribution in [0.2, 0.25) is 0 Å². The number of nitrogens with one attached hydrogen (secondary N) is 1. The fourth-order valence-electron chi connectivity index (χ4n) is 1.92. The highest BCUT2D eigenvalue weighted by Gasteiger charge is 2.24. The van der Waals surface area contributed by atoms with Gasteiger partial charge in [-0.2, -0.15) is 10.1 Å². The number of nitrogens with zero attached hydrogens (tertiary/aromatic N) is 3. The van der Waals surface area contributed by atoms with Crippen molar-refractivity contribution in [3.8, 4) is 5.75 Å². The van der Waals surface area contributed by atoms with E-state index in [1.165, 1.54) is 17.1 Å². The Morgan fingerprint density at radius 1 is 1.26 bits per heavy atom. The number of anilines is 1. The van der Waals surface area contributed by atoms with Gasteiger partial charge in [0.25, 0.3) is 10.0 Å². The van der Waals surface area contributed by atoms with Crippen LogP contribution in [0.15, 0.2) is 29.4 Å². The zero-order valence-electron chi connectivity index (χ0n) is 13.3. The summed E-state index contributed by atoms with van der Waals surface area (Å²) < 4.78 is 47.9. The van der Waals surface area contributed by atoms with Crippen molar-refractivity contribution in [2.45, 2.75) is 44.7 Å². The van der Waals surface area contributed by atoms with Crippen molar-refractivity contribution in [2.24, 2.45) is 0 Å². The van der Waals surface area contributed by atoms with Gasteiger partial charge in [-0.3, -0.25) is 0 Å². The number of aromatic nitrogens is 3. The fraction of sp³-hybridized carbons (Fsp3) is 0.429. The van der Waals surface area contributed by atoms with Gasteiger partial charge in [0, 0.05) is 0 Å². The largest absolute Gasteiger partial charge is 0.490 e. The number of halogens is 1. The maximum absolute atomic E-state index is 13.5. The molecular weight excluding hydrogens is 323 g/mol. The van der Waals surface area contributed by atoms with E-state index in [1.807, 2.05) is 13.8 Å². The first kappa shape index (κ1) is 17.2. The van der Waals surface area contributed by atoms with Crippen molar-refractivity contribution in [3.63, 3.8) is 0 Å². The molecule has 0 saturated carbocycles. The molecular formula is C14H19FN4O3S. The second-order valence-electron chi connectivity index (χ2n) is 5.49. The van der Waals surface area contributed by atoms with Crippen LogP contribution in [0.4, 0.5) is 10.3 Å². The van der Waals surface area contributed by atoms with Gasteiger partial charge >= 0.3 is 0 Å². The first-order valence-corrected chi connectivity index (χ1v) is 8.57. The smallest absolute Gasteiger partial charge is 0.268 e. The highest BCUT2D eigenvalue weighted by Crippen LogP contribution is 2.27. The van der Waals surface area contributed by atoms with Crippen molar-refractivity contribution in [3.05, 3.63) is 30.3 Å². The quantitative estimate of drug-likeness (QED) is 0.872. The number of ether oxygens (including phenoxy) is 1. The summed E-state index contributed by atoms with van der Waals surface area (Å²) in [6.07, 6.45) is 0.989. The second kappa shape index (κ2) is 6.53. The molecule has 2 rings (SSSR count). The Bertz CT molecular complexity index is 787. The fourth-order valence-corrected chi connectivity index (χ4v) is 3.06. The summed E-state index contributed by atoms with van der Waals surface area (Å²) in [5.74, 6) is -0.545. The van der Waals surface area contributed by atoms with E-state index in [4.69, 9.17) is 4.74 Å². The molecule has 0 spiro atoms. The molecule has 0 fully saturated rings. The molecule has 9 heteroatoms. The van der Waals surface area contributed by atoms with Gasteiger partial charge < -0.3 is 4.74 Å². The van der Waals surface area contributed by atoms with Crippen LogP contribution in [0.1, 0.15) is 33.7 Å². The molecule has 23 heavy (non-hydrogen) atoms. The van der Waals surface area contributed by atoms with Gasteiger partial charge in [-0.1, -0.05) is 0 Å².